The van der Waals surface area contributed by atoms with Crippen molar-refractivity contribution in [3.05, 3.63) is 77.6 Å². The Morgan fingerprint density at radius 2 is 1.63 bits per heavy atom. The van der Waals surface area contributed by atoms with E-state index in [0.717, 1.165) is 11.1 Å². The molecule has 6 nitrogen and oxygen atoms in total. The number of furan rings is 1. The summed E-state index contributed by atoms with van der Waals surface area (Å²) in [5.74, 6) is -1.07. The number of carboxylic acid groups (broad SMARTS) is 1. The third-order valence-electron chi connectivity index (χ3n) is 3.78. The Morgan fingerprint density at radius 3 is 2.22 bits per heavy atom. The Kier molecular flexibility index (Phi) is 5.33. The molecular weight excluding hydrogens is 364 g/mol. The second-order valence-corrected chi connectivity index (χ2v) is 6.23. The highest BCUT2D eigenvalue weighted by Gasteiger charge is 2.11. The van der Waals surface area contributed by atoms with Crippen LogP contribution < -0.4 is 10.6 Å². The molecule has 7 heteroatoms. The zero-order valence-corrected chi connectivity index (χ0v) is 15.2. The number of rotatable bonds is 4. The molecule has 0 saturated carbocycles. The lowest BCUT2D eigenvalue weighted by atomic mass is 10.1. The lowest BCUT2D eigenvalue weighted by molar-refractivity contribution is 0.0663. The summed E-state index contributed by atoms with van der Waals surface area (Å²) in [5, 5.41) is 14.6. The van der Waals surface area contributed by atoms with Gasteiger partial charge in [0.05, 0.1) is 0 Å². The second-order valence-electron chi connectivity index (χ2n) is 5.82. The van der Waals surface area contributed by atoms with Gasteiger partial charge in [0.2, 0.25) is 5.76 Å². The molecule has 0 aliphatic carbocycles. The first-order chi connectivity index (χ1) is 12.9. The van der Waals surface area contributed by atoms with E-state index in [-0.39, 0.29) is 16.8 Å². The van der Waals surface area contributed by atoms with Crippen molar-refractivity contribution in [2.75, 3.05) is 5.32 Å². The number of aryl methyl sites for hydroxylation is 1. The van der Waals surface area contributed by atoms with Crippen LogP contribution in [0.3, 0.4) is 0 Å². The maximum atomic E-state index is 12.2. The van der Waals surface area contributed by atoms with Crippen LogP contribution in [0.15, 0.2) is 65.1 Å². The molecule has 0 bridgehead atoms. The smallest absolute Gasteiger partial charge is 0.371 e. The maximum Gasteiger partial charge on any atom is 0.371 e. The minimum absolute atomic E-state index is 0.118. The fourth-order valence-electron chi connectivity index (χ4n) is 2.37. The number of carboxylic acids is 1. The van der Waals surface area contributed by atoms with Gasteiger partial charge in [0, 0.05) is 16.8 Å². The van der Waals surface area contributed by atoms with Crippen molar-refractivity contribution in [3.63, 3.8) is 0 Å². The molecule has 1 heterocycles. The number of amides is 1. The average Bonchev–Trinajstić information content (AvgIpc) is 3.13. The van der Waals surface area contributed by atoms with Crippen LogP contribution in [0.5, 0.6) is 0 Å². The molecule has 27 heavy (non-hydrogen) atoms. The molecule has 0 radical (unpaired) electrons. The summed E-state index contributed by atoms with van der Waals surface area (Å²) in [6.07, 6.45) is 0. The van der Waals surface area contributed by atoms with Crippen molar-refractivity contribution >= 4 is 34.9 Å². The Labute approximate surface area is 160 Å². The molecule has 1 aromatic heterocycles. The first-order valence-electron chi connectivity index (χ1n) is 8.05. The predicted octanol–water partition coefficient (Wildman–Crippen LogP) is 4.08. The molecule has 3 aromatic rings. The topological polar surface area (TPSA) is 91.6 Å². The fourth-order valence-corrected chi connectivity index (χ4v) is 2.58. The van der Waals surface area contributed by atoms with E-state index >= 15 is 0 Å². The van der Waals surface area contributed by atoms with Gasteiger partial charge in [-0.1, -0.05) is 17.7 Å². The minimum atomic E-state index is -1.12. The van der Waals surface area contributed by atoms with E-state index in [0.29, 0.717) is 17.0 Å². The van der Waals surface area contributed by atoms with Gasteiger partial charge in [-0.2, -0.15) is 0 Å². The molecule has 0 fully saturated rings. The van der Waals surface area contributed by atoms with Crippen LogP contribution in [0.4, 0.5) is 5.69 Å². The molecule has 136 valence electrons. The summed E-state index contributed by atoms with van der Waals surface area (Å²) in [6, 6.07) is 17.2. The summed E-state index contributed by atoms with van der Waals surface area (Å²) in [5.41, 5.74) is 2.99. The maximum absolute atomic E-state index is 12.2. The van der Waals surface area contributed by atoms with Crippen molar-refractivity contribution in [1.82, 2.24) is 5.32 Å². The fraction of sp³-hybridized carbons (Fsp3) is 0.0500. The van der Waals surface area contributed by atoms with Crippen LogP contribution in [0, 0.1) is 6.92 Å². The van der Waals surface area contributed by atoms with Gasteiger partial charge in [-0.25, -0.2) is 4.79 Å². The molecule has 3 N–H and O–H groups in total. The van der Waals surface area contributed by atoms with Gasteiger partial charge in [-0.05, 0) is 67.7 Å². The van der Waals surface area contributed by atoms with Gasteiger partial charge >= 0.3 is 5.97 Å². The number of hydrogen-bond donors (Lipinski definition) is 3. The molecule has 0 atom stereocenters. The van der Waals surface area contributed by atoms with Crippen molar-refractivity contribution in [3.8, 4) is 11.3 Å². The molecule has 0 spiro atoms. The Morgan fingerprint density at radius 1 is 0.963 bits per heavy atom. The van der Waals surface area contributed by atoms with Crippen molar-refractivity contribution < 1.29 is 19.1 Å². The first-order valence-corrected chi connectivity index (χ1v) is 8.46. The van der Waals surface area contributed by atoms with Gasteiger partial charge in [-0.3, -0.25) is 10.1 Å². The molecule has 0 saturated heterocycles. The number of hydrogen-bond acceptors (Lipinski definition) is 4. The van der Waals surface area contributed by atoms with Gasteiger partial charge in [0.1, 0.15) is 5.76 Å². The molecule has 1 amide bonds. The molecule has 0 aliphatic rings. The zero-order valence-electron chi connectivity index (χ0n) is 14.4. The van der Waals surface area contributed by atoms with E-state index in [1.54, 1.807) is 42.5 Å². The van der Waals surface area contributed by atoms with E-state index in [9.17, 15) is 9.59 Å². The van der Waals surface area contributed by atoms with Crippen molar-refractivity contribution in [1.29, 1.82) is 0 Å². The normalized spacial score (nSPS) is 10.3. The number of thiocarbonyl (C=S) groups is 1. The molecule has 3 rings (SSSR count). The molecular formula is C20H16N2O4S. The number of carbonyl (C=O) groups excluding carboxylic acids is 1. The van der Waals surface area contributed by atoms with E-state index in [1.807, 2.05) is 19.1 Å². The molecule has 0 aliphatic heterocycles. The highest BCUT2D eigenvalue weighted by atomic mass is 32.1. The van der Waals surface area contributed by atoms with Crippen LogP contribution in [0.1, 0.15) is 26.5 Å². The van der Waals surface area contributed by atoms with Crippen molar-refractivity contribution in [2.45, 2.75) is 6.92 Å². The third-order valence-corrected chi connectivity index (χ3v) is 3.99. The lowest BCUT2D eigenvalue weighted by Crippen LogP contribution is -2.34. The van der Waals surface area contributed by atoms with Gasteiger partial charge in [-0.15, -0.1) is 0 Å². The first kappa shape index (κ1) is 18.3. The number of carbonyl (C=O) groups is 2. The summed E-state index contributed by atoms with van der Waals surface area (Å²) < 4.78 is 5.26. The van der Waals surface area contributed by atoms with Crippen LogP contribution >= 0.6 is 12.2 Å². The van der Waals surface area contributed by atoms with E-state index in [4.69, 9.17) is 21.7 Å². The molecule has 0 unspecified atom stereocenters. The summed E-state index contributed by atoms with van der Waals surface area (Å²) in [7, 11) is 0. The Balaban J connectivity index is 1.61. The summed E-state index contributed by atoms with van der Waals surface area (Å²) in [6.45, 7) is 1.95. The minimum Gasteiger partial charge on any atom is -0.475 e. The predicted molar refractivity (Wildman–Crippen MR) is 106 cm³/mol. The largest absolute Gasteiger partial charge is 0.475 e. The van der Waals surface area contributed by atoms with E-state index < -0.39 is 5.97 Å². The number of anilines is 1. The van der Waals surface area contributed by atoms with Gasteiger partial charge in [0.25, 0.3) is 5.91 Å². The third kappa shape index (κ3) is 4.59. The van der Waals surface area contributed by atoms with Gasteiger partial charge in [0.15, 0.2) is 5.11 Å². The second kappa shape index (κ2) is 7.84. The average molecular weight is 380 g/mol. The number of nitrogens with one attached hydrogen (secondary N) is 2. The highest BCUT2D eigenvalue weighted by molar-refractivity contribution is 7.80. The number of aromatic carboxylic acids is 1. The van der Waals surface area contributed by atoms with E-state index in [1.165, 1.54) is 6.07 Å². The Bertz CT molecular complexity index is 992. The van der Waals surface area contributed by atoms with Crippen LogP contribution in [-0.2, 0) is 0 Å². The Hall–Kier alpha value is -3.45. The summed E-state index contributed by atoms with van der Waals surface area (Å²) in [4.78, 5) is 23.0. The SMILES string of the molecule is Cc1ccc(C(=O)NC(=S)Nc2ccc(-c3ccc(C(=O)O)o3)cc2)cc1. The quantitative estimate of drug-likeness (QED) is 0.591. The zero-order chi connectivity index (χ0) is 19.4. The van der Waals surface area contributed by atoms with Crippen molar-refractivity contribution in [2.24, 2.45) is 0 Å². The highest BCUT2D eigenvalue weighted by Crippen LogP contribution is 2.23. The van der Waals surface area contributed by atoms with Crippen LogP contribution in [-0.4, -0.2) is 22.1 Å². The monoisotopic (exact) mass is 380 g/mol. The lowest BCUT2D eigenvalue weighted by Gasteiger charge is -2.10. The molecule has 2 aromatic carbocycles. The standard InChI is InChI=1S/C20H16N2O4S/c1-12-2-4-14(5-3-12)18(23)22-20(27)21-15-8-6-13(7-9-15)16-10-11-17(26-16)19(24)25/h2-11H,1H3,(H,24,25)(H2,21,22,23,27). The van der Waals surface area contributed by atoms with Crippen LogP contribution in [0.25, 0.3) is 11.3 Å². The number of benzene rings is 2. The van der Waals surface area contributed by atoms with Gasteiger partial charge < -0.3 is 14.8 Å². The van der Waals surface area contributed by atoms with Crippen LogP contribution in [0.2, 0.25) is 0 Å². The van der Waals surface area contributed by atoms with E-state index in [2.05, 4.69) is 10.6 Å². The summed E-state index contributed by atoms with van der Waals surface area (Å²) >= 11 is 5.17.